The van der Waals surface area contributed by atoms with Crippen LogP contribution in [0.2, 0.25) is 0 Å². The molecular formula is C28H28FN7O. The van der Waals surface area contributed by atoms with Crippen LogP contribution in [-0.4, -0.2) is 29.8 Å². The number of nitrogens with two attached hydrogens (primary N) is 1. The second-order valence-electron chi connectivity index (χ2n) is 11.3. The van der Waals surface area contributed by atoms with Gasteiger partial charge in [0, 0.05) is 53.4 Å². The molecule has 2 fully saturated rings. The summed E-state index contributed by atoms with van der Waals surface area (Å²) in [5.41, 5.74) is 14.1. The molecule has 2 bridgehead atoms. The minimum atomic E-state index is -0.482. The highest BCUT2D eigenvalue weighted by molar-refractivity contribution is 5.75. The van der Waals surface area contributed by atoms with Crippen LogP contribution >= 0.6 is 0 Å². The number of nitrogens with zero attached hydrogens (tertiary/aromatic N) is 6. The first-order valence-corrected chi connectivity index (χ1v) is 13.1. The summed E-state index contributed by atoms with van der Waals surface area (Å²) in [5, 5.41) is 15.0. The Hall–Kier alpha value is -3.75. The quantitative estimate of drug-likeness (QED) is 0.424. The fraction of sp³-hybridized carbons (Fsp3) is 0.429. The van der Waals surface area contributed by atoms with E-state index in [4.69, 9.17) is 25.8 Å². The van der Waals surface area contributed by atoms with Crippen molar-refractivity contribution < 1.29 is 9.13 Å². The number of pyridine rings is 1. The van der Waals surface area contributed by atoms with Gasteiger partial charge in [-0.3, -0.25) is 4.68 Å². The van der Waals surface area contributed by atoms with Crippen molar-refractivity contribution in [3.05, 3.63) is 58.8 Å². The van der Waals surface area contributed by atoms with E-state index < -0.39 is 6.10 Å². The van der Waals surface area contributed by atoms with Crippen LogP contribution in [0.4, 0.5) is 10.2 Å². The smallest absolute Gasteiger partial charge is 0.166 e. The molecule has 0 unspecified atom stereocenters. The Bertz CT molecular complexity index is 1600. The molecule has 0 radical (unpaired) electrons. The molecule has 188 valence electrons. The highest BCUT2D eigenvalue weighted by Gasteiger charge is 2.57. The Morgan fingerprint density at radius 2 is 2.00 bits per heavy atom. The minimum Gasteiger partial charge on any atom is -0.482 e. The summed E-state index contributed by atoms with van der Waals surface area (Å²) < 4.78 is 23.1. The number of ether oxygens (including phenoxy) is 1. The highest BCUT2D eigenvalue weighted by Crippen LogP contribution is 2.64. The van der Waals surface area contributed by atoms with Gasteiger partial charge in [-0.05, 0) is 69.2 Å². The van der Waals surface area contributed by atoms with Crippen molar-refractivity contribution in [3.8, 4) is 28.3 Å². The molecule has 2 N–H and O–H groups in total. The number of hydrogen-bond acceptors (Lipinski definition) is 6. The van der Waals surface area contributed by atoms with E-state index >= 15 is 0 Å². The molecule has 0 saturated heterocycles. The third kappa shape index (κ3) is 3.12. The first-order chi connectivity index (χ1) is 17.9. The van der Waals surface area contributed by atoms with Crippen molar-refractivity contribution in [1.29, 1.82) is 0 Å². The first-order valence-electron chi connectivity index (χ1n) is 13.1. The summed E-state index contributed by atoms with van der Waals surface area (Å²) in [6.45, 7) is 2.80. The summed E-state index contributed by atoms with van der Waals surface area (Å²) in [6.07, 6.45) is 7.07. The molecule has 3 aromatic heterocycles. The van der Waals surface area contributed by atoms with Crippen molar-refractivity contribution in [2.45, 2.75) is 63.0 Å². The zero-order chi connectivity index (χ0) is 25.1. The Morgan fingerprint density at radius 3 is 2.78 bits per heavy atom. The maximum Gasteiger partial charge on any atom is 0.166 e. The number of aryl methyl sites for hydroxylation is 1. The van der Waals surface area contributed by atoms with E-state index in [0.717, 1.165) is 54.0 Å². The Morgan fingerprint density at radius 1 is 1.16 bits per heavy atom. The summed E-state index contributed by atoms with van der Waals surface area (Å²) in [7, 11) is 1.85. The van der Waals surface area contributed by atoms with Crippen molar-refractivity contribution in [3.63, 3.8) is 0 Å². The number of aromatic nitrogens is 6. The predicted octanol–water partition coefficient (Wildman–Crippen LogP) is 4.89. The molecule has 8 nitrogen and oxygen atoms in total. The number of hydrogen-bond donors (Lipinski definition) is 1. The number of fused-ring (bicyclic) bond motifs is 8. The Kier molecular flexibility index (Phi) is 4.14. The van der Waals surface area contributed by atoms with E-state index in [1.54, 1.807) is 10.9 Å². The van der Waals surface area contributed by atoms with Crippen LogP contribution in [0.15, 0.2) is 30.5 Å². The van der Waals surface area contributed by atoms with Crippen LogP contribution in [0.3, 0.4) is 0 Å². The van der Waals surface area contributed by atoms with Crippen molar-refractivity contribution in [2.75, 3.05) is 5.73 Å². The normalized spacial score (nSPS) is 22.5. The van der Waals surface area contributed by atoms with E-state index in [0.29, 0.717) is 23.0 Å². The summed E-state index contributed by atoms with van der Waals surface area (Å²) >= 11 is 0. The molecule has 1 spiro atoms. The average molecular weight is 498 g/mol. The molecule has 2 atom stereocenters. The number of rotatable bonds is 2. The SMILES string of the molecule is C[C@H]1Oc2cc(cnc2N)-c2c3c(nn2CC2CC2)C2(CC2)C[C@@H]3c2nn(C)nc2-c2ccc(F)cc21. The van der Waals surface area contributed by atoms with Gasteiger partial charge in [0.05, 0.1) is 17.1 Å². The maximum absolute atomic E-state index is 14.5. The molecule has 4 heterocycles. The minimum absolute atomic E-state index is 0.0405. The van der Waals surface area contributed by atoms with Crippen LogP contribution in [0.25, 0.3) is 22.5 Å². The highest BCUT2D eigenvalue weighted by atomic mass is 19.1. The molecule has 8 rings (SSSR count). The van der Waals surface area contributed by atoms with Crippen LogP contribution < -0.4 is 10.5 Å². The molecule has 4 aliphatic rings. The number of nitrogen functional groups attached to an aromatic ring is 1. The molecule has 3 aliphatic carbocycles. The number of halogens is 1. The van der Waals surface area contributed by atoms with Gasteiger partial charge >= 0.3 is 0 Å². The topological polar surface area (TPSA) is 96.7 Å². The monoisotopic (exact) mass is 497 g/mol. The third-order valence-corrected chi connectivity index (χ3v) is 8.65. The fourth-order valence-electron chi connectivity index (χ4n) is 6.46. The van der Waals surface area contributed by atoms with Gasteiger partial charge in [-0.1, -0.05) is 0 Å². The molecule has 4 aromatic rings. The van der Waals surface area contributed by atoms with Gasteiger partial charge < -0.3 is 10.5 Å². The lowest BCUT2D eigenvalue weighted by Gasteiger charge is -2.22. The van der Waals surface area contributed by atoms with Crippen molar-refractivity contribution in [2.24, 2.45) is 13.0 Å². The average Bonchev–Trinajstić information content (AvgIpc) is 3.75. The van der Waals surface area contributed by atoms with Gasteiger partial charge in [-0.2, -0.15) is 20.1 Å². The van der Waals surface area contributed by atoms with E-state index in [1.807, 2.05) is 26.2 Å². The zero-order valence-electron chi connectivity index (χ0n) is 20.9. The van der Waals surface area contributed by atoms with E-state index in [2.05, 4.69) is 9.67 Å². The summed E-state index contributed by atoms with van der Waals surface area (Å²) in [6, 6.07) is 6.78. The maximum atomic E-state index is 14.5. The predicted molar refractivity (Wildman–Crippen MR) is 135 cm³/mol. The van der Waals surface area contributed by atoms with Gasteiger partial charge in [0.2, 0.25) is 0 Å². The van der Waals surface area contributed by atoms with E-state index in [9.17, 15) is 4.39 Å². The van der Waals surface area contributed by atoms with Gasteiger partial charge in [-0.25, -0.2) is 9.37 Å². The standard InChI is InChI=1S/C28H28FN7O/c1-14-19-10-17(29)5-6-18(19)23-24(33-35(2)32-23)20-11-28(7-8-28)26-22(20)25(36(34-26)13-15-3-4-15)16-9-21(37-14)27(30)31-12-16/h5-6,9-10,12,14-15,20H,3-4,7-8,11,13H2,1-2H3,(H2,30,31)/t14-,20+/m1/s1. The molecule has 2 saturated carbocycles. The lowest BCUT2D eigenvalue weighted by atomic mass is 9.89. The molecular weight excluding hydrogens is 469 g/mol. The second kappa shape index (κ2) is 7.18. The van der Waals surface area contributed by atoms with Gasteiger partial charge in [0.1, 0.15) is 17.6 Å². The van der Waals surface area contributed by atoms with Gasteiger partial charge in [-0.15, -0.1) is 0 Å². The van der Waals surface area contributed by atoms with Crippen LogP contribution in [0.5, 0.6) is 5.75 Å². The molecule has 37 heavy (non-hydrogen) atoms. The number of anilines is 1. The Balaban J connectivity index is 1.45. The van der Waals surface area contributed by atoms with E-state index in [-0.39, 0.29) is 17.2 Å². The van der Waals surface area contributed by atoms with Crippen LogP contribution in [0, 0.1) is 11.7 Å². The summed E-state index contributed by atoms with van der Waals surface area (Å²) in [4.78, 5) is 6.17. The molecule has 9 heteroatoms. The van der Waals surface area contributed by atoms with Gasteiger partial charge in [0.25, 0.3) is 0 Å². The fourth-order valence-corrected chi connectivity index (χ4v) is 6.46. The second-order valence-corrected chi connectivity index (χ2v) is 11.3. The van der Waals surface area contributed by atoms with E-state index in [1.165, 1.54) is 36.2 Å². The first kappa shape index (κ1) is 21.3. The molecule has 1 aliphatic heterocycles. The largest absolute Gasteiger partial charge is 0.482 e. The van der Waals surface area contributed by atoms with Gasteiger partial charge in [0.15, 0.2) is 11.6 Å². The lowest BCUT2D eigenvalue weighted by molar-refractivity contribution is 0.227. The Labute approximate surface area is 213 Å². The van der Waals surface area contributed by atoms with Crippen molar-refractivity contribution >= 4 is 5.82 Å². The molecule has 0 amide bonds. The summed E-state index contributed by atoms with van der Waals surface area (Å²) in [5.74, 6) is 1.18. The van der Waals surface area contributed by atoms with Crippen LogP contribution in [0.1, 0.15) is 73.6 Å². The van der Waals surface area contributed by atoms with Crippen LogP contribution in [-0.2, 0) is 19.0 Å². The van der Waals surface area contributed by atoms with Crippen molar-refractivity contribution in [1.82, 2.24) is 29.8 Å². The lowest BCUT2D eigenvalue weighted by Crippen LogP contribution is -2.13. The molecule has 1 aromatic carbocycles. The number of benzene rings is 1. The third-order valence-electron chi connectivity index (χ3n) is 8.65. The zero-order valence-corrected chi connectivity index (χ0v) is 20.9.